The second kappa shape index (κ2) is 22.1. The number of nitrogens with zero attached hydrogens (tertiary/aromatic N) is 2. The molecule has 5 atom stereocenters. The lowest BCUT2D eigenvalue weighted by Crippen LogP contribution is -2.59. The van der Waals surface area contributed by atoms with Gasteiger partial charge in [0, 0.05) is 41.4 Å². The Morgan fingerprint density at radius 2 is 1.51 bits per heavy atom. The summed E-state index contributed by atoms with van der Waals surface area (Å²) in [5, 5.41) is 41.9. The van der Waals surface area contributed by atoms with Crippen LogP contribution in [0.3, 0.4) is 0 Å². The quantitative estimate of drug-likeness (QED) is 0.0410. The predicted molar refractivity (Wildman–Crippen MR) is 247 cm³/mol. The van der Waals surface area contributed by atoms with Gasteiger partial charge in [-0.1, -0.05) is 48.0 Å². The summed E-state index contributed by atoms with van der Waals surface area (Å²) in [6.07, 6.45) is 0.499. The highest BCUT2D eigenvalue weighted by molar-refractivity contribution is 6.38. The van der Waals surface area contributed by atoms with Gasteiger partial charge in [0.2, 0.25) is 23.6 Å². The molecule has 67 heavy (non-hydrogen) atoms. The molecule has 19 nitrogen and oxygen atoms in total. The molecule has 0 saturated carbocycles. The van der Waals surface area contributed by atoms with E-state index in [9.17, 15) is 43.8 Å². The first kappa shape index (κ1) is 48.8. The standard InChI is InChI=1S/C47H51ClN10O9/c1-25-42(62)55-36(44(64)56-41(50)40(61)46(66)51-24-32-18-20-52-57-32)22-26-6-16-37(59)33(21-26)34-23-30(13-17-38(34)60)39(45(65)53-25)58(2)47(67)35(5-3-4-19-49)54-43(63)29-9-7-27(8-10-29)28-11-14-31(48)15-12-28/h6-18,20-21,23,25,35-36,39,41,59-60H,3-5,19,22,24,49-50H2,1-2H3,(H,51,66)(H,52,57)(H,53,65)(H,54,63)(H,55,62)(H,56,64)/t25-,35-,36-,39-,41+/m0/s1. The highest BCUT2D eigenvalue weighted by Gasteiger charge is 2.36. The van der Waals surface area contributed by atoms with Gasteiger partial charge in [0.25, 0.3) is 17.6 Å². The van der Waals surface area contributed by atoms with Gasteiger partial charge in [0.15, 0.2) is 0 Å². The van der Waals surface area contributed by atoms with Crippen molar-refractivity contribution in [2.24, 2.45) is 11.5 Å². The molecule has 1 aliphatic rings. The number of nitrogens with two attached hydrogens (primary N) is 2. The monoisotopic (exact) mass is 934 g/mol. The first-order valence-corrected chi connectivity index (χ1v) is 21.7. The topological polar surface area (TPSA) is 304 Å². The summed E-state index contributed by atoms with van der Waals surface area (Å²) in [5.41, 5.74) is 14.9. The van der Waals surface area contributed by atoms with Crippen LogP contribution in [-0.4, -0.2) is 104 Å². The van der Waals surface area contributed by atoms with Crippen LogP contribution < -0.4 is 38.1 Å². The van der Waals surface area contributed by atoms with Crippen molar-refractivity contribution in [3.8, 4) is 33.8 Å². The van der Waals surface area contributed by atoms with Crippen LogP contribution in [0, 0.1) is 0 Å². The third-order valence-corrected chi connectivity index (χ3v) is 11.4. The number of amides is 6. The van der Waals surface area contributed by atoms with E-state index in [0.717, 1.165) is 16.0 Å². The van der Waals surface area contributed by atoms with E-state index in [4.69, 9.17) is 23.1 Å². The Hall–Kier alpha value is -7.61. The van der Waals surface area contributed by atoms with Crippen LogP contribution in [0.25, 0.3) is 22.3 Å². The van der Waals surface area contributed by atoms with Gasteiger partial charge < -0.3 is 53.2 Å². The number of unbranched alkanes of at least 4 members (excludes halogenated alkanes) is 1. The summed E-state index contributed by atoms with van der Waals surface area (Å²) in [6, 6.07) is 18.4. The van der Waals surface area contributed by atoms with E-state index in [0.29, 0.717) is 35.7 Å². The molecule has 0 spiro atoms. The molecule has 1 aliphatic heterocycles. The van der Waals surface area contributed by atoms with Crippen LogP contribution in [0.4, 0.5) is 0 Å². The predicted octanol–water partition coefficient (Wildman–Crippen LogP) is 2.07. The number of aromatic nitrogens is 2. The zero-order valence-corrected chi connectivity index (χ0v) is 37.3. The third kappa shape index (κ3) is 12.2. The van der Waals surface area contributed by atoms with E-state index in [2.05, 4.69) is 36.8 Å². The molecule has 0 fully saturated rings. The molecule has 20 heteroatoms. The first-order valence-electron chi connectivity index (χ1n) is 21.3. The fraction of sp³-hybridized carbons (Fsp3) is 0.277. The molecule has 0 radical (unpaired) electrons. The molecule has 0 unspecified atom stereocenters. The molecule has 6 rings (SSSR count). The van der Waals surface area contributed by atoms with E-state index in [-0.39, 0.29) is 53.1 Å². The molecular weight excluding hydrogens is 884 g/mol. The number of hydrogen-bond acceptors (Lipinski definition) is 12. The van der Waals surface area contributed by atoms with Crippen LogP contribution >= 0.6 is 11.6 Å². The summed E-state index contributed by atoms with van der Waals surface area (Å²) in [5.74, 6) is -6.79. The fourth-order valence-corrected chi connectivity index (χ4v) is 7.57. The zero-order valence-electron chi connectivity index (χ0n) is 36.5. The smallest absolute Gasteiger partial charge is 0.291 e. The lowest BCUT2D eigenvalue weighted by molar-refractivity contribution is -0.142. The Morgan fingerprint density at radius 3 is 2.16 bits per heavy atom. The van der Waals surface area contributed by atoms with Crippen molar-refractivity contribution >= 4 is 52.8 Å². The molecule has 1 aromatic heterocycles. The van der Waals surface area contributed by atoms with Gasteiger partial charge in [-0.15, -0.1) is 0 Å². The number of nitrogens with one attached hydrogen (secondary N) is 6. The van der Waals surface area contributed by atoms with Gasteiger partial charge in [-0.05, 0) is 110 Å². The number of phenolic OH excluding ortho intramolecular Hbond substituents is 2. The van der Waals surface area contributed by atoms with E-state index >= 15 is 0 Å². The van der Waals surface area contributed by atoms with E-state index in [1.165, 1.54) is 56.6 Å². The minimum atomic E-state index is -1.83. The molecule has 5 aromatic rings. The second-order valence-electron chi connectivity index (χ2n) is 16.0. The number of aromatic hydroxyl groups is 2. The maximum atomic E-state index is 14.6. The number of Topliss-reactive ketones (excluding diaryl/α,β-unsaturated/α-hetero) is 1. The summed E-state index contributed by atoms with van der Waals surface area (Å²) < 4.78 is 0. The molecule has 350 valence electrons. The number of fused-ring (bicyclic) bond motifs is 5. The lowest BCUT2D eigenvalue weighted by atomic mass is 9.93. The van der Waals surface area contributed by atoms with Crippen LogP contribution in [0.1, 0.15) is 59.4 Å². The average Bonchev–Trinajstić information content (AvgIpc) is 3.85. The summed E-state index contributed by atoms with van der Waals surface area (Å²) in [6.45, 7) is 1.60. The number of rotatable bonds is 15. The Bertz CT molecular complexity index is 2630. The van der Waals surface area contributed by atoms with Crippen molar-refractivity contribution in [3.05, 3.63) is 125 Å². The number of carbonyl (C=O) groups is 7. The number of hydrogen-bond donors (Lipinski definition) is 10. The van der Waals surface area contributed by atoms with Crippen LogP contribution in [0.5, 0.6) is 11.5 Å². The maximum absolute atomic E-state index is 14.6. The summed E-state index contributed by atoms with van der Waals surface area (Å²) in [7, 11) is 1.36. The highest BCUT2D eigenvalue weighted by Crippen LogP contribution is 2.39. The number of ketones is 1. The average molecular weight is 935 g/mol. The summed E-state index contributed by atoms with van der Waals surface area (Å²) in [4.78, 5) is 96.9. The molecule has 0 saturated heterocycles. The molecule has 12 N–H and O–H groups in total. The fourth-order valence-electron chi connectivity index (χ4n) is 7.44. The SMILES string of the molecule is C[C@@H]1NC(=O)[C@@H](N(C)C(=O)[C@H](CCCCN)NC(=O)c2ccc(-c3ccc(Cl)cc3)cc2)c2ccc(O)c(c2)-c2cc(ccc2O)C[C@@H](C(=O)N[C@@H](N)C(=O)C(=O)NCc2ccn[nH]2)NC1=O. The van der Waals surface area contributed by atoms with Gasteiger partial charge in [0.1, 0.15) is 41.8 Å². The number of phenols is 2. The normalized spacial score (nSPS) is 16.8. The van der Waals surface area contributed by atoms with Gasteiger partial charge in [-0.25, -0.2) is 0 Å². The maximum Gasteiger partial charge on any atom is 0.291 e. The van der Waals surface area contributed by atoms with Crippen LogP contribution in [0.2, 0.25) is 5.02 Å². The summed E-state index contributed by atoms with van der Waals surface area (Å²) >= 11 is 6.05. The van der Waals surface area contributed by atoms with E-state index < -0.39 is 71.6 Å². The van der Waals surface area contributed by atoms with Crippen molar-refractivity contribution in [2.45, 2.75) is 69.5 Å². The first-order chi connectivity index (χ1) is 32.0. The minimum absolute atomic E-state index is 0.0502. The molecule has 6 amide bonds. The van der Waals surface area contributed by atoms with Gasteiger partial charge in [-0.2, -0.15) is 5.10 Å². The van der Waals surface area contributed by atoms with Crippen molar-refractivity contribution < 1.29 is 43.8 Å². The van der Waals surface area contributed by atoms with Crippen LogP contribution in [0.15, 0.2) is 97.2 Å². The highest BCUT2D eigenvalue weighted by atomic mass is 35.5. The number of carbonyl (C=O) groups excluding carboxylic acids is 7. The lowest BCUT2D eigenvalue weighted by Gasteiger charge is -2.32. The molecule has 4 aromatic carbocycles. The Balaban J connectivity index is 1.27. The van der Waals surface area contributed by atoms with Crippen LogP contribution in [-0.2, 0) is 41.7 Å². The number of halogens is 1. The molecular formula is C47H51ClN10O9. The Kier molecular flexibility index (Phi) is 16.1. The Labute approximate surface area is 390 Å². The second-order valence-corrected chi connectivity index (χ2v) is 16.4. The number of aromatic amines is 1. The molecule has 0 aliphatic carbocycles. The van der Waals surface area contributed by atoms with Gasteiger partial charge in [0.05, 0.1) is 12.2 Å². The van der Waals surface area contributed by atoms with Gasteiger partial charge in [-0.3, -0.25) is 38.7 Å². The molecule has 4 bridgehead atoms. The largest absolute Gasteiger partial charge is 0.507 e. The number of likely N-dealkylation sites (N-methyl/N-ethyl adjacent to an activating group) is 1. The van der Waals surface area contributed by atoms with E-state index in [1.807, 2.05) is 12.1 Å². The minimum Gasteiger partial charge on any atom is -0.507 e. The van der Waals surface area contributed by atoms with Crippen molar-refractivity contribution in [1.29, 1.82) is 0 Å². The molecule has 2 heterocycles. The van der Waals surface area contributed by atoms with E-state index in [1.54, 1.807) is 42.5 Å². The van der Waals surface area contributed by atoms with Crippen molar-refractivity contribution in [2.75, 3.05) is 13.6 Å². The Morgan fingerprint density at radius 1 is 0.851 bits per heavy atom. The van der Waals surface area contributed by atoms with Crippen molar-refractivity contribution in [3.63, 3.8) is 0 Å². The third-order valence-electron chi connectivity index (χ3n) is 11.2. The van der Waals surface area contributed by atoms with Gasteiger partial charge >= 0.3 is 0 Å². The van der Waals surface area contributed by atoms with Crippen molar-refractivity contribution in [1.82, 2.24) is 41.7 Å². The number of benzene rings is 4. The zero-order chi connectivity index (χ0) is 48.4. The number of H-pyrrole nitrogens is 1.